The van der Waals surface area contributed by atoms with Gasteiger partial charge in [-0.05, 0) is 13.3 Å². The molecule has 1 aromatic heterocycles. The zero-order chi connectivity index (χ0) is 16.0. The van der Waals surface area contributed by atoms with E-state index in [9.17, 15) is 18.0 Å². The molecule has 0 spiro atoms. The average Bonchev–Trinajstić information content (AvgIpc) is 2.86. The third kappa shape index (κ3) is 6.25. The number of nitrogens with one attached hydrogen (secondary N) is 3. The molecule has 0 aromatic carbocycles. The lowest BCUT2D eigenvalue weighted by atomic mass is 10.2. The molecule has 0 aliphatic heterocycles. The van der Waals surface area contributed by atoms with E-state index >= 15 is 0 Å². The molecule has 0 aliphatic rings. The number of aromatic nitrogens is 2. The van der Waals surface area contributed by atoms with Crippen molar-refractivity contribution in [3.8, 4) is 0 Å². The summed E-state index contributed by atoms with van der Waals surface area (Å²) in [5, 5.41) is 20.1. The number of amides is 2. The highest BCUT2D eigenvalue weighted by Crippen LogP contribution is 2.08. The van der Waals surface area contributed by atoms with Crippen molar-refractivity contribution < 1.29 is 23.1 Å². The number of hydrogen-bond donors (Lipinski definition) is 4. The van der Waals surface area contributed by atoms with Crippen molar-refractivity contribution >= 4 is 21.8 Å². The molecular weight excluding hydrogens is 300 g/mol. The van der Waals surface area contributed by atoms with Crippen LogP contribution in [-0.2, 0) is 14.6 Å². The zero-order valence-corrected chi connectivity index (χ0v) is 12.5. The number of aromatic amines is 1. The number of sulfone groups is 1. The fourth-order valence-corrected chi connectivity index (χ4v) is 2.23. The molecule has 9 nitrogen and oxygen atoms in total. The van der Waals surface area contributed by atoms with Gasteiger partial charge in [-0.3, -0.25) is 5.10 Å². The van der Waals surface area contributed by atoms with Crippen LogP contribution in [0.5, 0.6) is 0 Å². The molecule has 118 valence electrons. The molecule has 2 atom stereocenters. The molecule has 1 heterocycles. The first-order valence-corrected chi connectivity index (χ1v) is 8.21. The molecule has 0 saturated heterocycles. The fourth-order valence-electron chi connectivity index (χ4n) is 1.57. The number of carbonyl (C=O) groups excluding carboxylic acids is 1. The highest BCUT2D eigenvalue weighted by molar-refractivity contribution is 7.90. The number of nitrogens with zero attached hydrogens (tertiary/aromatic N) is 1. The van der Waals surface area contributed by atoms with E-state index < -0.39 is 27.9 Å². The van der Waals surface area contributed by atoms with E-state index in [0.29, 0.717) is 0 Å². The minimum atomic E-state index is -3.29. The molecule has 0 bridgehead atoms. The third-order valence-corrected chi connectivity index (χ3v) is 3.72. The van der Waals surface area contributed by atoms with Gasteiger partial charge in [0.2, 0.25) is 0 Å². The van der Waals surface area contributed by atoms with E-state index in [1.54, 1.807) is 13.1 Å². The van der Waals surface area contributed by atoms with Gasteiger partial charge in [-0.15, -0.1) is 0 Å². The molecule has 0 fully saturated rings. The van der Waals surface area contributed by atoms with E-state index in [1.807, 2.05) is 0 Å². The SMILES string of the molecule is CC(NC(=O)NC(CCS(C)(=O)=O)C(=O)O)c1cn[nH]c1. The van der Waals surface area contributed by atoms with Gasteiger partial charge in [0.25, 0.3) is 0 Å². The second-order valence-electron chi connectivity index (χ2n) is 4.68. The van der Waals surface area contributed by atoms with Crippen LogP contribution in [0, 0.1) is 0 Å². The summed E-state index contributed by atoms with van der Waals surface area (Å²) >= 11 is 0. The molecule has 2 unspecified atom stereocenters. The zero-order valence-electron chi connectivity index (χ0n) is 11.7. The molecule has 0 radical (unpaired) electrons. The van der Waals surface area contributed by atoms with Crippen LogP contribution in [0.25, 0.3) is 0 Å². The van der Waals surface area contributed by atoms with Gasteiger partial charge < -0.3 is 15.7 Å². The molecule has 0 saturated carbocycles. The first-order valence-electron chi connectivity index (χ1n) is 6.15. The number of carbonyl (C=O) groups is 2. The van der Waals surface area contributed by atoms with E-state index in [1.165, 1.54) is 6.20 Å². The largest absolute Gasteiger partial charge is 0.480 e. The molecule has 4 N–H and O–H groups in total. The van der Waals surface area contributed by atoms with Crippen molar-refractivity contribution in [3.05, 3.63) is 18.0 Å². The molecule has 2 amide bonds. The van der Waals surface area contributed by atoms with Gasteiger partial charge in [-0.2, -0.15) is 5.10 Å². The van der Waals surface area contributed by atoms with E-state index in [-0.39, 0.29) is 18.2 Å². The molecule has 0 aliphatic carbocycles. The standard InChI is InChI=1S/C11H18N4O5S/c1-7(8-5-12-13-6-8)14-11(18)15-9(10(16)17)3-4-21(2,19)20/h5-7,9H,3-4H2,1-2H3,(H,12,13)(H,16,17)(H2,14,15,18). The predicted molar refractivity (Wildman–Crippen MR) is 74.4 cm³/mol. The van der Waals surface area contributed by atoms with Crippen molar-refractivity contribution in [2.24, 2.45) is 0 Å². The maximum atomic E-state index is 11.7. The van der Waals surface area contributed by atoms with E-state index in [2.05, 4.69) is 20.8 Å². The summed E-state index contributed by atoms with van der Waals surface area (Å²) in [4.78, 5) is 22.7. The second-order valence-corrected chi connectivity index (χ2v) is 6.94. The number of urea groups is 1. The first kappa shape index (κ1) is 17.0. The van der Waals surface area contributed by atoms with Crippen molar-refractivity contribution in [2.75, 3.05) is 12.0 Å². The van der Waals surface area contributed by atoms with Gasteiger partial charge in [0, 0.05) is 18.0 Å². The molecular formula is C11H18N4O5S. The average molecular weight is 318 g/mol. The van der Waals surface area contributed by atoms with Crippen LogP contribution >= 0.6 is 0 Å². The second kappa shape index (κ2) is 7.07. The summed E-state index contributed by atoms with van der Waals surface area (Å²) in [7, 11) is -3.29. The molecule has 21 heavy (non-hydrogen) atoms. The lowest BCUT2D eigenvalue weighted by molar-refractivity contribution is -0.139. The molecule has 10 heteroatoms. The summed E-state index contributed by atoms with van der Waals surface area (Å²) < 4.78 is 22.1. The Morgan fingerprint density at radius 1 is 1.43 bits per heavy atom. The number of aliphatic carboxylic acids is 1. The van der Waals surface area contributed by atoms with Gasteiger partial charge in [-0.25, -0.2) is 18.0 Å². The topological polar surface area (TPSA) is 141 Å². The van der Waals surface area contributed by atoms with Crippen LogP contribution in [0.1, 0.15) is 24.9 Å². The Kier molecular flexibility index (Phi) is 5.70. The van der Waals surface area contributed by atoms with Crippen LogP contribution in [0.3, 0.4) is 0 Å². The maximum absolute atomic E-state index is 11.7. The summed E-state index contributed by atoms with van der Waals surface area (Å²) in [6.45, 7) is 1.71. The van der Waals surface area contributed by atoms with Gasteiger partial charge in [-0.1, -0.05) is 0 Å². The van der Waals surface area contributed by atoms with Gasteiger partial charge >= 0.3 is 12.0 Å². The first-order chi connectivity index (χ1) is 9.69. The Morgan fingerprint density at radius 3 is 2.57 bits per heavy atom. The Morgan fingerprint density at radius 2 is 2.10 bits per heavy atom. The summed E-state index contributed by atoms with van der Waals surface area (Å²) in [5.41, 5.74) is 0.730. The van der Waals surface area contributed by atoms with E-state index in [0.717, 1.165) is 11.8 Å². The van der Waals surface area contributed by atoms with Crippen molar-refractivity contribution in [2.45, 2.75) is 25.4 Å². The highest BCUT2D eigenvalue weighted by atomic mass is 32.2. The van der Waals surface area contributed by atoms with Crippen molar-refractivity contribution in [1.82, 2.24) is 20.8 Å². The number of H-pyrrole nitrogens is 1. The van der Waals surface area contributed by atoms with Crippen molar-refractivity contribution in [3.63, 3.8) is 0 Å². The monoisotopic (exact) mass is 318 g/mol. The number of hydrogen-bond acceptors (Lipinski definition) is 5. The van der Waals surface area contributed by atoms with Gasteiger partial charge in [0.1, 0.15) is 15.9 Å². The normalized spacial score (nSPS) is 14.2. The Labute approximate surface area is 122 Å². The minimum Gasteiger partial charge on any atom is -0.480 e. The van der Waals surface area contributed by atoms with Crippen molar-refractivity contribution in [1.29, 1.82) is 0 Å². The smallest absolute Gasteiger partial charge is 0.326 e. The summed E-state index contributed by atoms with van der Waals surface area (Å²) in [5.74, 6) is -1.61. The van der Waals surface area contributed by atoms with Crippen LogP contribution in [-0.4, -0.2) is 53.8 Å². The Hall–Kier alpha value is -2.10. The van der Waals surface area contributed by atoms with Gasteiger partial charge in [0.05, 0.1) is 18.0 Å². The summed E-state index contributed by atoms with van der Waals surface area (Å²) in [6.07, 6.45) is 3.95. The Balaban J connectivity index is 2.54. The number of carboxylic acids is 1. The fraction of sp³-hybridized carbons (Fsp3) is 0.545. The molecule has 1 rings (SSSR count). The third-order valence-electron chi connectivity index (χ3n) is 2.75. The van der Waals surface area contributed by atoms with Crippen LogP contribution in [0.15, 0.2) is 12.4 Å². The van der Waals surface area contributed by atoms with Crippen LogP contribution in [0.2, 0.25) is 0 Å². The van der Waals surface area contributed by atoms with Crippen LogP contribution < -0.4 is 10.6 Å². The van der Waals surface area contributed by atoms with E-state index in [4.69, 9.17) is 5.11 Å². The molecule has 1 aromatic rings. The maximum Gasteiger partial charge on any atom is 0.326 e. The van der Waals surface area contributed by atoms with Gasteiger partial charge in [0.15, 0.2) is 0 Å². The highest BCUT2D eigenvalue weighted by Gasteiger charge is 2.22. The number of rotatable bonds is 7. The summed E-state index contributed by atoms with van der Waals surface area (Å²) in [6, 6.07) is -2.33. The minimum absolute atomic E-state index is 0.193. The Bertz CT molecular complexity index is 584. The predicted octanol–water partition coefficient (Wildman–Crippen LogP) is -0.342. The quantitative estimate of drug-likeness (QED) is 0.542. The number of carboxylic acid groups (broad SMARTS) is 1. The lowest BCUT2D eigenvalue weighted by Crippen LogP contribution is -2.47. The van der Waals surface area contributed by atoms with Crippen LogP contribution in [0.4, 0.5) is 4.79 Å². The lowest BCUT2D eigenvalue weighted by Gasteiger charge is -2.17.